The Morgan fingerprint density at radius 3 is 2.58 bits per heavy atom. The third-order valence-corrected chi connectivity index (χ3v) is 2.88. The van der Waals surface area contributed by atoms with Crippen molar-refractivity contribution < 1.29 is 0 Å². The molecule has 0 saturated carbocycles. The van der Waals surface area contributed by atoms with E-state index in [0.29, 0.717) is 12.4 Å². The van der Waals surface area contributed by atoms with Gasteiger partial charge in [-0.2, -0.15) is 0 Å². The van der Waals surface area contributed by atoms with Crippen molar-refractivity contribution in [3.63, 3.8) is 0 Å². The number of hydrogen-bond donors (Lipinski definition) is 2. The zero-order valence-corrected chi connectivity index (χ0v) is 11.3. The minimum absolute atomic E-state index is 0.645. The third-order valence-electron chi connectivity index (χ3n) is 2.88. The molecule has 3 N–H and O–H groups in total. The first-order valence-corrected chi connectivity index (χ1v) is 6.34. The van der Waals surface area contributed by atoms with Crippen LogP contribution < -0.4 is 16.2 Å². The standard InChI is InChI=1S/C14H19N5/c1-3-19(12-7-5-4-6-8-12)10-14-16-11(2)9-13(17-14)18-15/h4-9H,3,10,15H2,1-2H3,(H,16,17,18). The van der Waals surface area contributed by atoms with Crippen LogP contribution >= 0.6 is 0 Å². The van der Waals surface area contributed by atoms with Gasteiger partial charge < -0.3 is 10.3 Å². The van der Waals surface area contributed by atoms with Gasteiger partial charge in [-0.15, -0.1) is 0 Å². The molecule has 0 aliphatic rings. The fraction of sp³-hybridized carbons (Fsp3) is 0.286. The first-order valence-electron chi connectivity index (χ1n) is 6.34. The molecule has 0 radical (unpaired) electrons. The lowest BCUT2D eigenvalue weighted by atomic mass is 10.3. The fourth-order valence-corrected chi connectivity index (χ4v) is 1.97. The maximum Gasteiger partial charge on any atom is 0.150 e. The summed E-state index contributed by atoms with van der Waals surface area (Å²) in [4.78, 5) is 11.0. The molecule has 100 valence electrons. The highest BCUT2D eigenvalue weighted by molar-refractivity contribution is 5.46. The molecule has 0 aliphatic heterocycles. The summed E-state index contributed by atoms with van der Waals surface area (Å²) in [5, 5.41) is 0. The number of nitrogens with zero attached hydrogens (tertiary/aromatic N) is 3. The first-order chi connectivity index (χ1) is 9.22. The second kappa shape index (κ2) is 6.15. The summed E-state index contributed by atoms with van der Waals surface area (Å²) in [6, 6.07) is 12.1. The predicted molar refractivity (Wildman–Crippen MR) is 77.7 cm³/mol. The summed E-state index contributed by atoms with van der Waals surface area (Å²) in [5.74, 6) is 6.82. The van der Waals surface area contributed by atoms with E-state index in [9.17, 15) is 0 Å². The van der Waals surface area contributed by atoms with E-state index in [0.717, 1.165) is 23.8 Å². The molecule has 2 aromatic rings. The van der Waals surface area contributed by atoms with Gasteiger partial charge >= 0.3 is 0 Å². The second-order valence-electron chi connectivity index (χ2n) is 4.30. The zero-order valence-electron chi connectivity index (χ0n) is 11.3. The number of aromatic nitrogens is 2. The molecule has 0 unspecified atom stereocenters. The summed E-state index contributed by atoms with van der Waals surface area (Å²) < 4.78 is 0. The van der Waals surface area contributed by atoms with E-state index in [1.807, 2.05) is 31.2 Å². The van der Waals surface area contributed by atoms with Crippen LogP contribution in [-0.4, -0.2) is 16.5 Å². The number of rotatable bonds is 5. The number of hydrazine groups is 1. The molecule has 2 rings (SSSR count). The number of benzene rings is 1. The minimum Gasteiger partial charge on any atom is -0.364 e. The van der Waals surface area contributed by atoms with Crippen molar-refractivity contribution in [3.05, 3.63) is 47.9 Å². The van der Waals surface area contributed by atoms with Gasteiger partial charge in [0.05, 0.1) is 6.54 Å². The lowest BCUT2D eigenvalue weighted by Gasteiger charge is -2.22. The predicted octanol–water partition coefficient (Wildman–Crippen LogP) is 2.10. The number of anilines is 2. The molecule has 0 bridgehead atoms. The largest absolute Gasteiger partial charge is 0.364 e. The molecular weight excluding hydrogens is 238 g/mol. The van der Waals surface area contributed by atoms with Gasteiger partial charge in [-0.1, -0.05) is 18.2 Å². The number of aryl methyl sites for hydroxylation is 1. The SMILES string of the molecule is CCN(Cc1nc(C)cc(NN)n1)c1ccccc1. The topological polar surface area (TPSA) is 67.1 Å². The maximum absolute atomic E-state index is 5.41. The van der Waals surface area contributed by atoms with E-state index in [-0.39, 0.29) is 0 Å². The van der Waals surface area contributed by atoms with Gasteiger partial charge in [-0.05, 0) is 26.0 Å². The Balaban J connectivity index is 2.21. The fourth-order valence-electron chi connectivity index (χ4n) is 1.97. The summed E-state index contributed by atoms with van der Waals surface area (Å²) >= 11 is 0. The quantitative estimate of drug-likeness (QED) is 0.634. The van der Waals surface area contributed by atoms with Crippen molar-refractivity contribution in [2.45, 2.75) is 20.4 Å². The van der Waals surface area contributed by atoms with Gasteiger partial charge in [-0.25, -0.2) is 15.8 Å². The van der Waals surface area contributed by atoms with E-state index in [1.165, 1.54) is 0 Å². The van der Waals surface area contributed by atoms with Crippen LogP contribution in [-0.2, 0) is 6.54 Å². The van der Waals surface area contributed by atoms with E-state index in [4.69, 9.17) is 5.84 Å². The Morgan fingerprint density at radius 1 is 1.21 bits per heavy atom. The first kappa shape index (κ1) is 13.3. The highest BCUT2D eigenvalue weighted by Gasteiger charge is 2.08. The Labute approximate surface area is 113 Å². The van der Waals surface area contributed by atoms with Gasteiger partial charge in [0, 0.05) is 24.0 Å². The molecule has 5 nitrogen and oxygen atoms in total. The van der Waals surface area contributed by atoms with Gasteiger partial charge in [0.15, 0.2) is 0 Å². The van der Waals surface area contributed by atoms with E-state index >= 15 is 0 Å². The van der Waals surface area contributed by atoms with E-state index in [1.54, 1.807) is 0 Å². The molecule has 0 spiro atoms. The van der Waals surface area contributed by atoms with E-state index in [2.05, 4.69) is 39.4 Å². The van der Waals surface area contributed by atoms with Crippen LogP contribution in [0.5, 0.6) is 0 Å². The molecule has 0 fully saturated rings. The summed E-state index contributed by atoms with van der Waals surface area (Å²) in [6.07, 6.45) is 0. The molecule has 1 aromatic heterocycles. The highest BCUT2D eigenvalue weighted by Crippen LogP contribution is 2.15. The van der Waals surface area contributed by atoms with Crippen molar-refractivity contribution >= 4 is 11.5 Å². The lowest BCUT2D eigenvalue weighted by molar-refractivity contribution is 0.775. The molecule has 0 atom stereocenters. The van der Waals surface area contributed by atoms with Crippen molar-refractivity contribution in [3.8, 4) is 0 Å². The van der Waals surface area contributed by atoms with Crippen molar-refractivity contribution in [2.75, 3.05) is 16.9 Å². The molecular formula is C14H19N5. The number of nitrogens with one attached hydrogen (secondary N) is 1. The molecule has 0 amide bonds. The number of nitrogen functional groups attached to an aromatic ring is 1. The van der Waals surface area contributed by atoms with Crippen LogP contribution in [0.4, 0.5) is 11.5 Å². The Bertz CT molecular complexity index is 527. The van der Waals surface area contributed by atoms with Crippen molar-refractivity contribution in [2.24, 2.45) is 5.84 Å². The van der Waals surface area contributed by atoms with Crippen LogP contribution in [0.25, 0.3) is 0 Å². The minimum atomic E-state index is 0.645. The molecule has 0 saturated heterocycles. The van der Waals surface area contributed by atoms with Crippen LogP contribution in [0.2, 0.25) is 0 Å². The third kappa shape index (κ3) is 3.42. The molecule has 19 heavy (non-hydrogen) atoms. The Morgan fingerprint density at radius 2 is 1.95 bits per heavy atom. The Kier molecular flexibility index (Phi) is 4.30. The Hall–Kier alpha value is -2.14. The number of para-hydroxylation sites is 1. The van der Waals surface area contributed by atoms with Gasteiger partial charge in [0.25, 0.3) is 0 Å². The lowest BCUT2D eigenvalue weighted by Crippen LogP contribution is -2.24. The van der Waals surface area contributed by atoms with Crippen molar-refractivity contribution in [1.82, 2.24) is 9.97 Å². The van der Waals surface area contributed by atoms with Crippen LogP contribution in [0, 0.1) is 6.92 Å². The van der Waals surface area contributed by atoms with Gasteiger partial charge in [0.2, 0.25) is 0 Å². The molecule has 1 heterocycles. The van der Waals surface area contributed by atoms with Crippen LogP contribution in [0.1, 0.15) is 18.4 Å². The molecule has 0 aliphatic carbocycles. The van der Waals surface area contributed by atoms with Crippen LogP contribution in [0.15, 0.2) is 36.4 Å². The average Bonchev–Trinajstić information content (AvgIpc) is 2.45. The summed E-state index contributed by atoms with van der Waals surface area (Å²) in [6.45, 7) is 5.61. The van der Waals surface area contributed by atoms with Gasteiger partial charge in [0.1, 0.15) is 11.6 Å². The zero-order chi connectivity index (χ0) is 13.7. The van der Waals surface area contributed by atoms with Crippen LogP contribution in [0.3, 0.4) is 0 Å². The molecule has 1 aromatic carbocycles. The smallest absolute Gasteiger partial charge is 0.150 e. The van der Waals surface area contributed by atoms with Crippen molar-refractivity contribution in [1.29, 1.82) is 0 Å². The average molecular weight is 257 g/mol. The number of hydrogen-bond acceptors (Lipinski definition) is 5. The van der Waals surface area contributed by atoms with Gasteiger partial charge in [-0.3, -0.25) is 0 Å². The highest BCUT2D eigenvalue weighted by atomic mass is 15.3. The maximum atomic E-state index is 5.41. The summed E-state index contributed by atoms with van der Waals surface area (Å²) in [5.41, 5.74) is 4.64. The molecule has 5 heteroatoms. The second-order valence-corrected chi connectivity index (χ2v) is 4.30. The van der Waals surface area contributed by atoms with E-state index < -0.39 is 0 Å². The number of nitrogens with two attached hydrogens (primary N) is 1. The summed E-state index contributed by atoms with van der Waals surface area (Å²) in [7, 11) is 0. The normalized spacial score (nSPS) is 10.3. The monoisotopic (exact) mass is 257 g/mol.